The van der Waals surface area contributed by atoms with Gasteiger partial charge < -0.3 is 19.4 Å². The lowest BCUT2D eigenvalue weighted by molar-refractivity contribution is 0.0370. The summed E-state index contributed by atoms with van der Waals surface area (Å²) in [4.78, 5) is 2.42. The van der Waals surface area contributed by atoms with E-state index in [2.05, 4.69) is 23.3 Å². The lowest BCUT2D eigenvalue weighted by Gasteiger charge is -2.32. The Hall–Kier alpha value is -0.840. The monoisotopic (exact) mass is 278 g/mol. The summed E-state index contributed by atoms with van der Waals surface area (Å²) in [5, 5.41) is 3.52. The summed E-state index contributed by atoms with van der Waals surface area (Å²) in [6.45, 7) is 3.51. The summed E-state index contributed by atoms with van der Waals surface area (Å²) in [6.07, 6.45) is 8.31. The molecule has 20 heavy (non-hydrogen) atoms. The van der Waals surface area contributed by atoms with Crippen molar-refractivity contribution in [3.8, 4) is 0 Å². The van der Waals surface area contributed by atoms with Crippen LogP contribution < -0.4 is 5.32 Å². The topological polar surface area (TPSA) is 37.6 Å². The van der Waals surface area contributed by atoms with Crippen LogP contribution >= 0.6 is 0 Å². The SMILES string of the molecule is CN1CCCCC1COCc1occc1CNC1CC1. The third-order valence-electron chi connectivity index (χ3n) is 4.46. The van der Waals surface area contributed by atoms with Gasteiger partial charge in [0.1, 0.15) is 12.4 Å². The Kier molecular flexibility index (Phi) is 4.76. The van der Waals surface area contributed by atoms with Crippen molar-refractivity contribution < 1.29 is 9.15 Å². The molecule has 1 saturated carbocycles. The first-order chi connectivity index (χ1) is 9.83. The van der Waals surface area contributed by atoms with E-state index in [1.54, 1.807) is 6.26 Å². The number of rotatable bonds is 7. The predicted molar refractivity (Wildman–Crippen MR) is 78.5 cm³/mol. The summed E-state index contributed by atoms with van der Waals surface area (Å²) in [6, 6.07) is 3.36. The molecule has 1 aliphatic carbocycles. The Morgan fingerprint density at radius 3 is 3.05 bits per heavy atom. The van der Waals surface area contributed by atoms with E-state index in [1.165, 1.54) is 44.2 Å². The van der Waals surface area contributed by atoms with Crippen LogP contribution in [0.4, 0.5) is 0 Å². The predicted octanol–water partition coefficient (Wildman–Crippen LogP) is 2.53. The minimum atomic E-state index is 0.576. The molecule has 0 bridgehead atoms. The van der Waals surface area contributed by atoms with Crippen LogP contribution in [0, 0.1) is 0 Å². The molecule has 1 N–H and O–H groups in total. The number of furan rings is 1. The van der Waals surface area contributed by atoms with E-state index in [4.69, 9.17) is 9.15 Å². The highest BCUT2D eigenvalue weighted by Gasteiger charge is 2.21. The van der Waals surface area contributed by atoms with E-state index in [-0.39, 0.29) is 0 Å². The second-order valence-electron chi connectivity index (χ2n) is 6.17. The zero-order valence-corrected chi connectivity index (χ0v) is 12.4. The van der Waals surface area contributed by atoms with Crippen molar-refractivity contribution in [2.24, 2.45) is 0 Å². The van der Waals surface area contributed by atoms with Gasteiger partial charge in [-0.1, -0.05) is 6.42 Å². The molecule has 2 aliphatic rings. The normalized spacial score (nSPS) is 24.1. The van der Waals surface area contributed by atoms with Crippen LogP contribution in [0.3, 0.4) is 0 Å². The molecule has 0 aromatic carbocycles. The number of ether oxygens (including phenoxy) is 1. The van der Waals surface area contributed by atoms with Crippen molar-refractivity contribution in [3.63, 3.8) is 0 Å². The van der Waals surface area contributed by atoms with E-state index >= 15 is 0 Å². The number of likely N-dealkylation sites (tertiary alicyclic amines) is 1. The van der Waals surface area contributed by atoms with Gasteiger partial charge in [-0.2, -0.15) is 0 Å². The molecule has 4 heteroatoms. The number of hydrogen-bond donors (Lipinski definition) is 1. The van der Waals surface area contributed by atoms with Gasteiger partial charge in [0.15, 0.2) is 0 Å². The quantitative estimate of drug-likeness (QED) is 0.831. The minimum absolute atomic E-state index is 0.576. The maximum atomic E-state index is 5.89. The van der Waals surface area contributed by atoms with Crippen LogP contribution in [-0.4, -0.2) is 37.2 Å². The maximum Gasteiger partial charge on any atom is 0.133 e. The molecular weight excluding hydrogens is 252 g/mol. The van der Waals surface area contributed by atoms with Crippen LogP contribution in [0.2, 0.25) is 0 Å². The second-order valence-corrected chi connectivity index (χ2v) is 6.17. The molecule has 4 nitrogen and oxygen atoms in total. The van der Waals surface area contributed by atoms with E-state index in [0.717, 1.165) is 25.0 Å². The zero-order chi connectivity index (χ0) is 13.8. The highest BCUT2D eigenvalue weighted by molar-refractivity contribution is 5.16. The van der Waals surface area contributed by atoms with Gasteiger partial charge in [0.2, 0.25) is 0 Å². The number of nitrogens with zero attached hydrogens (tertiary/aromatic N) is 1. The first kappa shape index (κ1) is 14.1. The lowest BCUT2D eigenvalue weighted by Crippen LogP contribution is -2.39. The first-order valence-electron chi connectivity index (χ1n) is 7.89. The minimum Gasteiger partial charge on any atom is -0.467 e. The number of likely N-dealkylation sites (N-methyl/N-ethyl adjacent to an activating group) is 1. The molecule has 0 amide bonds. The van der Waals surface area contributed by atoms with Crippen LogP contribution in [-0.2, 0) is 17.9 Å². The molecule has 1 unspecified atom stereocenters. The smallest absolute Gasteiger partial charge is 0.133 e. The van der Waals surface area contributed by atoms with Crippen molar-refractivity contribution in [1.29, 1.82) is 0 Å². The molecular formula is C16H26N2O2. The summed E-state index contributed by atoms with van der Waals surface area (Å²) in [5.41, 5.74) is 1.24. The van der Waals surface area contributed by atoms with Crippen molar-refractivity contribution in [2.75, 3.05) is 20.2 Å². The van der Waals surface area contributed by atoms with Crippen LogP contribution in [0.25, 0.3) is 0 Å². The average molecular weight is 278 g/mol. The van der Waals surface area contributed by atoms with Gasteiger partial charge in [-0.25, -0.2) is 0 Å². The van der Waals surface area contributed by atoms with Crippen molar-refractivity contribution >= 4 is 0 Å². The van der Waals surface area contributed by atoms with Gasteiger partial charge in [0, 0.05) is 24.2 Å². The molecule has 112 valence electrons. The Labute approximate surface area is 121 Å². The van der Waals surface area contributed by atoms with Gasteiger partial charge in [-0.3, -0.25) is 0 Å². The van der Waals surface area contributed by atoms with E-state index in [0.29, 0.717) is 12.6 Å². The standard InChI is InChI=1S/C16H26N2O2/c1-18-8-3-2-4-15(18)11-19-12-16-13(7-9-20-16)10-17-14-5-6-14/h7,9,14-15,17H,2-6,8,10-12H2,1H3. The Morgan fingerprint density at radius 2 is 2.25 bits per heavy atom. The summed E-state index contributed by atoms with van der Waals surface area (Å²) in [5.74, 6) is 0.983. The average Bonchev–Trinajstić information content (AvgIpc) is 3.18. The van der Waals surface area contributed by atoms with Gasteiger partial charge in [0.05, 0.1) is 12.9 Å². The van der Waals surface area contributed by atoms with Gasteiger partial charge in [-0.15, -0.1) is 0 Å². The summed E-state index contributed by atoms with van der Waals surface area (Å²) < 4.78 is 11.4. The van der Waals surface area contributed by atoms with Crippen molar-refractivity contribution in [3.05, 3.63) is 23.7 Å². The highest BCUT2D eigenvalue weighted by Crippen LogP contribution is 2.21. The van der Waals surface area contributed by atoms with Gasteiger partial charge >= 0.3 is 0 Å². The molecule has 1 saturated heterocycles. The molecule has 2 heterocycles. The first-order valence-corrected chi connectivity index (χ1v) is 7.89. The number of piperidine rings is 1. The zero-order valence-electron chi connectivity index (χ0n) is 12.4. The molecule has 0 spiro atoms. The summed E-state index contributed by atoms with van der Waals surface area (Å²) >= 11 is 0. The van der Waals surface area contributed by atoms with Crippen LogP contribution in [0.5, 0.6) is 0 Å². The number of hydrogen-bond acceptors (Lipinski definition) is 4. The third kappa shape index (κ3) is 3.84. The summed E-state index contributed by atoms with van der Waals surface area (Å²) in [7, 11) is 2.20. The number of nitrogens with one attached hydrogen (secondary N) is 1. The Balaban J connectivity index is 1.42. The van der Waals surface area contributed by atoms with E-state index in [1.807, 2.05) is 0 Å². The van der Waals surface area contributed by atoms with E-state index < -0.39 is 0 Å². The van der Waals surface area contributed by atoms with E-state index in [9.17, 15) is 0 Å². The third-order valence-corrected chi connectivity index (χ3v) is 4.46. The molecule has 1 atom stereocenters. The highest BCUT2D eigenvalue weighted by atomic mass is 16.5. The Bertz CT molecular complexity index is 414. The largest absolute Gasteiger partial charge is 0.467 e. The van der Waals surface area contributed by atoms with Crippen molar-refractivity contribution in [1.82, 2.24) is 10.2 Å². The lowest BCUT2D eigenvalue weighted by atomic mass is 10.0. The maximum absolute atomic E-state index is 5.89. The molecule has 2 fully saturated rings. The molecule has 0 radical (unpaired) electrons. The fraction of sp³-hybridized carbons (Fsp3) is 0.750. The van der Waals surface area contributed by atoms with Gasteiger partial charge in [-0.05, 0) is 45.3 Å². The molecule has 1 aliphatic heterocycles. The molecule has 1 aromatic heterocycles. The van der Waals surface area contributed by atoms with Crippen LogP contribution in [0.1, 0.15) is 43.4 Å². The Morgan fingerprint density at radius 1 is 1.35 bits per heavy atom. The second kappa shape index (κ2) is 6.74. The fourth-order valence-electron chi connectivity index (χ4n) is 2.84. The van der Waals surface area contributed by atoms with Crippen LogP contribution in [0.15, 0.2) is 16.7 Å². The molecule has 1 aromatic rings. The fourth-order valence-corrected chi connectivity index (χ4v) is 2.84. The van der Waals surface area contributed by atoms with Gasteiger partial charge in [0.25, 0.3) is 0 Å². The van der Waals surface area contributed by atoms with Crippen molar-refractivity contribution in [2.45, 2.75) is 57.3 Å². The molecule has 3 rings (SSSR count).